The van der Waals surface area contributed by atoms with E-state index in [0.717, 1.165) is 0 Å². The van der Waals surface area contributed by atoms with Crippen molar-refractivity contribution in [3.05, 3.63) is 47.8 Å². The second-order valence-electron chi connectivity index (χ2n) is 4.07. The molecule has 19 heavy (non-hydrogen) atoms. The highest BCUT2D eigenvalue weighted by atomic mass is 16.4. The van der Waals surface area contributed by atoms with Crippen molar-refractivity contribution < 1.29 is 14.7 Å². The smallest absolute Gasteiger partial charge is 0.339 e. The van der Waals surface area contributed by atoms with E-state index in [2.05, 4.69) is 5.10 Å². The number of carboxylic acid groups (broad SMARTS) is 1. The number of aromatic carboxylic acids is 1. The van der Waals surface area contributed by atoms with Gasteiger partial charge >= 0.3 is 5.97 Å². The predicted octanol–water partition coefficient (Wildman–Crippen LogP) is 1.39. The van der Waals surface area contributed by atoms with Crippen LogP contribution in [0.1, 0.15) is 20.8 Å². The van der Waals surface area contributed by atoms with Gasteiger partial charge in [0.1, 0.15) is 5.56 Å². The molecule has 0 bridgehead atoms. The van der Waals surface area contributed by atoms with Gasteiger partial charge in [0.15, 0.2) is 5.69 Å². The Morgan fingerprint density at radius 1 is 1.26 bits per heavy atom. The Balaban J connectivity index is 2.37. The number of aryl methyl sites for hydroxylation is 1. The summed E-state index contributed by atoms with van der Waals surface area (Å²) in [5.41, 5.74) is 0.506. The van der Waals surface area contributed by atoms with Crippen molar-refractivity contribution in [3.8, 4) is 0 Å². The molecule has 0 saturated heterocycles. The van der Waals surface area contributed by atoms with Gasteiger partial charge in [-0.2, -0.15) is 5.10 Å². The molecule has 6 nitrogen and oxygen atoms in total. The number of para-hydroxylation sites is 1. The third-order valence-corrected chi connectivity index (χ3v) is 2.71. The largest absolute Gasteiger partial charge is 0.478 e. The van der Waals surface area contributed by atoms with Gasteiger partial charge in [-0.25, -0.2) is 4.79 Å². The van der Waals surface area contributed by atoms with Crippen molar-refractivity contribution in [1.82, 2.24) is 9.78 Å². The van der Waals surface area contributed by atoms with Crippen LogP contribution in [0.15, 0.2) is 36.5 Å². The summed E-state index contributed by atoms with van der Waals surface area (Å²) >= 11 is 0. The minimum absolute atomic E-state index is 0.0682. The lowest BCUT2D eigenvalue weighted by Gasteiger charge is -2.16. The molecular formula is C13H13N3O3. The quantitative estimate of drug-likeness (QED) is 0.903. The molecule has 0 aliphatic heterocycles. The maximum Gasteiger partial charge on any atom is 0.339 e. The molecular weight excluding hydrogens is 246 g/mol. The molecule has 1 N–H and O–H groups in total. The monoisotopic (exact) mass is 259 g/mol. The van der Waals surface area contributed by atoms with E-state index in [4.69, 9.17) is 5.11 Å². The number of amides is 1. The van der Waals surface area contributed by atoms with Gasteiger partial charge in [-0.3, -0.25) is 9.48 Å². The molecule has 1 aromatic carbocycles. The van der Waals surface area contributed by atoms with Crippen LogP contribution in [0.5, 0.6) is 0 Å². The molecule has 1 aromatic heterocycles. The van der Waals surface area contributed by atoms with E-state index in [0.29, 0.717) is 5.69 Å². The highest BCUT2D eigenvalue weighted by molar-refractivity contribution is 6.10. The molecule has 0 radical (unpaired) electrons. The number of carbonyl (C=O) groups excluding carboxylic acids is 1. The summed E-state index contributed by atoms with van der Waals surface area (Å²) in [7, 11) is 3.16. The summed E-state index contributed by atoms with van der Waals surface area (Å²) < 4.78 is 1.32. The molecule has 98 valence electrons. The van der Waals surface area contributed by atoms with E-state index in [1.807, 2.05) is 6.07 Å². The second kappa shape index (κ2) is 4.93. The first-order valence-electron chi connectivity index (χ1n) is 5.60. The van der Waals surface area contributed by atoms with Gasteiger partial charge in [-0.05, 0) is 12.1 Å². The van der Waals surface area contributed by atoms with Gasteiger partial charge in [0.25, 0.3) is 5.91 Å². The predicted molar refractivity (Wildman–Crippen MR) is 69.3 cm³/mol. The summed E-state index contributed by atoms with van der Waals surface area (Å²) in [6, 6.07) is 8.97. The lowest BCUT2D eigenvalue weighted by molar-refractivity contribution is 0.0692. The number of aromatic nitrogens is 2. The van der Waals surface area contributed by atoms with Crippen LogP contribution in [0.2, 0.25) is 0 Å². The average Bonchev–Trinajstić information content (AvgIpc) is 2.80. The lowest BCUT2D eigenvalue weighted by atomic mass is 10.2. The number of hydrogen-bond donors (Lipinski definition) is 1. The zero-order valence-corrected chi connectivity index (χ0v) is 10.6. The highest BCUT2D eigenvalue weighted by Gasteiger charge is 2.24. The Hall–Kier alpha value is -2.63. The number of rotatable bonds is 3. The third-order valence-electron chi connectivity index (χ3n) is 2.71. The Morgan fingerprint density at radius 3 is 2.47 bits per heavy atom. The van der Waals surface area contributed by atoms with Gasteiger partial charge < -0.3 is 10.0 Å². The van der Waals surface area contributed by atoms with Crippen LogP contribution < -0.4 is 4.90 Å². The van der Waals surface area contributed by atoms with Crippen LogP contribution in [-0.4, -0.2) is 33.8 Å². The minimum Gasteiger partial charge on any atom is -0.478 e. The van der Waals surface area contributed by atoms with Crippen LogP contribution in [0, 0.1) is 0 Å². The van der Waals surface area contributed by atoms with Crippen LogP contribution in [-0.2, 0) is 7.05 Å². The molecule has 6 heteroatoms. The van der Waals surface area contributed by atoms with Crippen LogP contribution >= 0.6 is 0 Å². The zero-order chi connectivity index (χ0) is 14.0. The summed E-state index contributed by atoms with van der Waals surface area (Å²) in [6.45, 7) is 0. The number of carbonyl (C=O) groups is 2. The van der Waals surface area contributed by atoms with Crippen LogP contribution in [0.4, 0.5) is 5.69 Å². The van der Waals surface area contributed by atoms with E-state index >= 15 is 0 Å². The number of carboxylic acids is 1. The Morgan fingerprint density at radius 2 is 1.89 bits per heavy atom. The van der Waals surface area contributed by atoms with Crippen LogP contribution in [0.25, 0.3) is 0 Å². The first-order valence-corrected chi connectivity index (χ1v) is 5.60. The SMILES string of the molecule is CN(C(=O)c1nn(C)cc1C(=O)O)c1ccccc1. The molecule has 1 heterocycles. The van der Waals surface area contributed by atoms with E-state index in [-0.39, 0.29) is 11.3 Å². The molecule has 2 rings (SSSR count). The van der Waals surface area contributed by atoms with Gasteiger partial charge in [-0.1, -0.05) is 18.2 Å². The standard InChI is InChI=1S/C13H13N3O3/c1-15-8-10(13(18)19)11(14-15)12(17)16(2)9-6-4-3-5-7-9/h3-8H,1-2H3,(H,18,19). The maximum absolute atomic E-state index is 12.3. The number of hydrogen-bond acceptors (Lipinski definition) is 3. The summed E-state index contributed by atoms with van der Waals surface area (Å²) in [6.07, 6.45) is 1.31. The first kappa shape index (κ1) is 12.8. The van der Waals surface area contributed by atoms with Crippen molar-refractivity contribution in [2.75, 3.05) is 11.9 Å². The third kappa shape index (κ3) is 2.47. The molecule has 0 aliphatic rings. The molecule has 0 atom stereocenters. The van der Waals surface area contributed by atoms with Crippen molar-refractivity contribution in [2.45, 2.75) is 0 Å². The van der Waals surface area contributed by atoms with E-state index in [1.165, 1.54) is 15.8 Å². The van der Waals surface area contributed by atoms with Crippen molar-refractivity contribution in [3.63, 3.8) is 0 Å². The fourth-order valence-electron chi connectivity index (χ4n) is 1.73. The first-order chi connectivity index (χ1) is 9.00. The minimum atomic E-state index is -1.17. The van der Waals surface area contributed by atoms with Gasteiger partial charge in [0.05, 0.1) is 0 Å². The lowest BCUT2D eigenvalue weighted by Crippen LogP contribution is -2.28. The highest BCUT2D eigenvalue weighted by Crippen LogP contribution is 2.16. The van der Waals surface area contributed by atoms with E-state index in [9.17, 15) is 9.59 Å². The summed E-state index contributed by atoms with van der Waals surface area (Å²) in [4.78, 5) is 24.7. The average molecular weight is 259 g/mol. The summed E-state index contributed by atoms with van der Waals surface area (Å²) in [5, 5.41) is 13.0. The van der Waals surface area contributed by atoms with Crippen LogP contribution in [0.3, 0.4) is 0 Å². The molecule has 0 fully saturated rings. The molecule has 0 saturated carbocycles. The second-order valence-corrected chi connectivity index (χ2v) is 4.07. The number of anilines is 1. The molecule has 1 amide bonds. The molecule has 0 spiro atoms. The molecule has 0 aliphatic carbocycles. The normalized spacial score (nSPS) is 10.2. The number of benzene rings is 1. The summed E-state index contributed by atoms with van der Waals surface area (Å²) in [5.74, 6) is -1.62. The van der Waals surface area contributed by atoms with E-state index in [1.54, 1.807) is 38.4 Å². The topological polar surface area (TPSA) is 75.4 Å². The fraction of sp³-hybridized carbons (Fsp3) is 0.154. The Bertz CT molecular complexity index is 619. The fourth-order valence-corrected chi connectivity index (χ4v) is 1.73. The van der Waals surface area contributed by atoms with Crippen molar-refractivity contribution >= 4 is 17.6 Å². The van der Waals surface area contributed by atoms with Gasteiger partial charge in [0.2, 0.25) is 0 Å². The Kier molecular flexibility index (Phi) is 3.33. The Labute approximate surface area is 109 Å². The molecule has 0 unspecified atom stereocenters. The van der Waals surface area contributed by atoms with Gasteiger partial charge in [-0.15, -0.1) is 0 Å². The maximum atomic E-state index is 12.3. The molecule has 2 aromatic rings. The zero-order valence-electron chi connectivity index (χ0n) is 10.6. The number of nitrogens with zero attached hydrogens (tertiary/aromatic N) is 3. The van der Waals surface area contributed by atoms with Crippen molar-refractivity contribution in [2.24, 2.45) is 7.05 Å². The van der Waals surface area contributed by atoms with Crippen molar-refractivity contribution in [1.29, 1.82) is 0 Å². The van der Waals surface area contributed by atoms with Gasteiger partial charge in [0, 0.05) is 26.0 Å². The van der Waals surface area contributed by atoms with E-state index < -0.39 is 11.9 Å².